The Morgan fingerprint density at radius 3 is 2.62 bits per heavy atom. The highest BCUT2D eigenvalue weighted by molar-refractivity contribution is 7.88. The van der Waals surface area contributed by atoms with Crippen LogP contribution in [0.5, 0.6) is 0 Å². The largest absolute Gasteiger partial charge is 0.355 e. The normalized spacial score (nSPS) is 27.1. The highest BCUT2D eigenvalue weighted by Gasteiger charge is 2.31. The SMILES string of the molecule is CN=C(NC[C@H]1CCCN1S(C)(=O)=O)NC1CCN(Cc2ccccc2)C(C)C1. The van der Waals surface area contributed by atoms with Crippen LogP contribution in [0.4, 0.5) is 0 Å². The molecule has 2 heterocycles. The van der Waals surface area contributed by atoms with Crippen LogP contribution in [0, 0.1) is 0 Å². The van der Waals surface area contributed by atoms with E-state index < -0.39 is 10.0 Å². The van der Waals surface area contributed by atoms with Gasteiger partial charge in [-0.1, -0.05) is 30.3 Å². The molecule has 2 fully saturated rings. The average Bonchev–Trinajstić information content (AvgIpc) is 3.17. The molecule has 2 saturated heterocycles. The predicted molar refractivity (Wildman–Crippen MR) is 118 cm³/mol. The summed E-state index contributed by atoms with van der Waals surface area (Å²) < 4.78 is 25.4. The van der Waals surface area contributed by atoms with Gasteiger partial charge in [0.15, 0.2) is 5.96 Å². The zero-order valence-corrected chi connectivity index (χ0v) is 18.7. The molecule has 0 aromatic heterocycles. The van der Waals surface area contributed by atoms with Crippen LogP contribution in [0.15, 0.2) is 35.3 Å². The maximum absolute atomic E-state index is 11.9. The van der Waals surface area contributed by atoms with Crippen molar-refractivity contribution >= 4 is 16.0 Å². The van der Waals surface area contributed by atoms with E-state index in [1.54, 1.807) is 11.4 Å². The number of piperidine rings is 1. The molecule has 3 rings (SSSR count). The third-order valence-electron chi connectivity index (χ3n) is 6.06. The minimum absolute atomic E-state index is 0.00944. The van der Waals surface area contributed by atoms with Gasteiger partial charge in [-0.15, -0.1) is 0 Å². The van der Waals surface area contributed by atoms with Crippen molar-refractivity contribution in [1.29, 1.82) is 0 Å². The molecule has 162 valence electrons. The van der Waals surface area contributed by atoms with E-state index in [4.69, 9.17) is 0 Å². The Balaban J connectivity index is 1.47. The van der Waals surface area contributed by atoms with Gasteiger partial charge in [0.25, 0.3) is 0 Å². The summed E-state index contributed by atoms with van der Waals surface area (Å²) in [6.07, 6.45) is 5.24. The molecule has 2 aliphatic rings. The van der Waals surface area contributed by atoms with Gasteiger partial charge in [0, 0.05) is 51.4 Å². The number of hydrogen-bond acceptors (Lipinski definition) is 4. The van der Waals surface area contributed by atoms with Crippen LogP contribution in [0.1, 0.15) is 38.2 Å². The zero-order valence-electron chi connectivity index (χ0n) is 17.8. The Morgan fingerprint density at radius 1 is 1.21 bits per heavy atom. The first kappa shape index (κ1) is 22.1. The lowest BCUT2D eigenvalue weighted by Gasteiger charge is -2.38. The molecule has 2 unspecified atom stereocenters. The molecule has 0 saturated carbocycles. The van der Waals surface area contributed by atoms with Gasteiger partial charge in [0.05, 0.1) is 6.26 Å². The van der Waals surface area contributed by atoms with Gasteiger partial charge in [0.2, 0.25) is 10.0 Å². The Hall–Kier alpha value is -1.64. The number of nitrogens with one attached hydrogen (secondary N) is 2. The van der Waals surface area contributed by atoms with Crippen LogP contribution in [-0.2, 0) is 16.6 Å². The summed E-state index contributed by atoms with van der Waals surface area (Å²) in [7, 11) is -1.38. The molecular weight excluding hydrogens is 386 g/mol. The summed E-state index contributed by atoms with van der Waals surface area (Å²) >= 11 is 0. The lowest BCUT2D eigenvalue weighted by atomic mass is 9.97. The number of nitrogens with zero attached hydrogens (tertiary/aromatic N) is 3. The van der Waals surface area contributed by atoms with Crippen molar-refractivity contribution < 1.29 is 8.42 Å². The van der Waals surface area contributed by atoms with Crippen molar-refractivity contribution in [2.75, 3.05) is 32.9 Å². The molecule has 1 aromatic rings. The maximum atomic E-state index is 11.9. The van der Waals surface area contributed by atoms with Crippen LogP contribution in [0.25, 0.3) is 0 Å². The number of sulfonamides is 1. The van der Waals surface area contributed by atoms with E-state index in [0.717, 1.165) is 44.7 Å². The second-order valence-corrected chi connectivity index (χ2v) is 10.2. The second-order valence-electron chi connectivity index (χ2n) is 8.29. The smallest absolute Gasteiger partial charge is 0.211 e. The van der Waals surface area contributed by atoms with Crippen molar-refractivity contribution in [3.8, 4) is 0 Å². The van der Waals surface area contributed by atoms with Crippen molar-refractivity contribution in [2.24, 2.45) is 4.99 Å². The van der Waals surface area contributed by atoms with Gasteiger partial charge in [-0.3, -0.25) is 9.89 Å². The first-order valence-corrected chi connectivity index (χ1v) is 12.4. The van der Waals surface area contributed by atoms with Gasteiger partial charge in [0.1, 0.15) is 0 Å². The summed E-state index contributed by atoms with van der Waals surface area (Å²) in [4.78, 5) is 6.89. The summed E-state index contributed by atoms with van der Waals surface area (Å²) in [5.74, 6) is 0.763. The Labute approximate surface area is 175 Å². The molecule has 0 amide bonds. The van der Waals surface area contributed by atoms with Gasteiger partial charge in [-0.05, 0) is 38.2 Å². The van der Waals surface area contributed by atoms with Crippen LogP contribution >= 0.6 is 0 Å². The molecule has 8 heteroatoms. The second kappa shape index (κ2) is 9.91. The molecular formula is C21H35N5O2S. The average molecular weight is 422 g/mol. The van der Waals surface area contributed by atoms with Gasteiger partial charge in [-0.25, -0.2) is 8.42 Å². The molecule has 0 spiro atoms. The molecule has 7 nitrogen and oxygen atoms in total. The van der Waals surface area contributed by atoms with E-state index >= 15 is 0 Å². The Bertz CT molecular complexity index is 784. The molecule has 0 bridgehead atoms. The number of hydrogen-bond donors (Lipinski definition) is 2. The number of aliphatic imine (C=N–C) groups is 1. The van der Waals surface area contributed by atoms with Crippen molar-refractivity contribution in [2.45, 2.75) is 57.3 Å². The summed E-state index contributed by atoms with van der Waals surface area (Å²) in [5, 5.41) is 6.89. The van der Waals surface area contributed by atoms with E-state index in [1.165, 1.54) is 11.8 Å². The summed E-state index contributed by atoms with van der Waals surface area (Å²) in [6.45, 7) is 5.54. The van der Waals surface area contributed by atoms with E-state index in [9.17, 15) is 8.42 Å². The Kier molecular flexibility index (Phi) is 7.54. The van der Waals surface area contributed by atoms with Gasteiger partial charge < -0.3 is 10.6 Å². The highest BCUT2D eigenvalue weighted by atomic mass is 32.2. The van der Waals surface area contributed by atoms with Gasteiger partial charge in [-0.2, -0.15) is 4.31 Å². The first-order chi connectivity index (χ1) is 13.9. The van der Waals surface area contributed by atoms with E-state index in [1.807, 2.05) is 0 Å². The van der Waals surface area contributed by atoms with Crippen LogP contribution in [0.2, 0.25) is 0 Å². The maximum Gasteiger partial charge on any atom is 0.211 e. The number of guanidine groups is 1. The number of likely N-dealkylation sites (tertiary alicyclic amines) is 1. The summed E-state index contributed by atoms with van der Waals surface area (Å²) in [6, 6.07) is 11.5. The zero-order chi connectivity index (χ0) is 20.9. The molecule has 3 atom stereocenters. The molecule has 1 aromatic carbocycles. The number of rotatable bonds is 6. The summed E-state index contributed by atoms with van der Waals surface area (Å²) in [5.41, 5.74) is 1.36. The third kappa shape index (κ3) is 6.17. The van der Waals surface area contributed by atoms with Crippen molar-refractivity contribution in [1.82, 2.24) is 19.8 Å². The van der Waals surface area contributed by atoms with Crippen LogP contribution in [0.3, 0.4) is 0 Å². The minimum atomic E-state index is -3.15. The van der Waals surface area contributed by atoms with E-state index in [0.29, 0.717) is 25.2 Å². The molecule has 0 aliphatic carbocycles. The van der Waals surface area contributed by atoms with Crippen molar-refractivity contribution in [3.63, 3.8) is 0 Å². The quantitative estimate of drug-likeness (QED) is 0.539. The van der Waals surface area contributed by atoms with Gasteiger partial charge >= 0.3 is 0 Å². The van der Waals surface area contributed by atoms with E-state index in [-0.39, 0.29) is 6.04 Å². The minimum Gasteiger partial charge on any atom is -0.355 e. The fourth-order valence-electron chi connectivity index (χ4n) is 4.46. The lowest BCUT2D eigenvalue weighted by molar-refractivity contribution is 0.134. The molecule has 2 aliphatic heterocycles. The standard InChI is InChI=1S/C21H35N5O2S/c1-17-14-19(11-13-25(17)16-18-8-5-4-6-9-18)24-21(22-2)23-15-20-10-7-12-26(20)29(3,27)28/h4-6,8-9,17,19-20H,7,10-16H2,1-3H3,(H2,22,23,24)/t17?,19?,20-/m1/s1. The van der Waals surface area contributed by atoms with Crippen LogP contribution < -0.4 is 10.6 Å². The predicted octanol–water partition coefficient (Wildman–Crippen LogP) is 1.63. The first-order valence-electron chi connectivity index (χ1n) is 10.6. The van der Waals surface area contributed by atoms with Crippen molar-refractivity contribution in [3.05, 3.63) is 35.9 Å². The monoisotopic (exact) mass is 421 g/mol. The molecule has 29 heavy (non-hydrogen) atoms. The Morgan fingerprint density at radius 2 is 1.97 bits per heavy atom. The van der Waals surface area contributed by atoms with Crippen LogP contribution in [-0.4, -0.2) is 74.6 Å². The highest BCUT2D eigenvalue weighted by Crippen LogP contribution is 2.21. The number of benzene rings is 1. The third-order valence-corrected chi connectivity index (χ3v) is 7.39. The fraction of sp³-hybridized carbons (Fsp3) is 0.667. The fourth-order valence-corrected chi connectivity index (χ4v) is 5.64. The lowest BCUT2D eigenvalue weighted by Crippen LogP contribution is -2.53. The van der Waals surface area contributed by atoms with E-state index in [2.05, 4.69) is 57.8 Å². The topological polar surface area (TPSA) is 77.0 Å². The molecule has 0 radical (unpaired) electrons. The molecule has 2 N–H and O–H groups in total.